The topological polar surface area (TPSA) is 129 Å². The van der Waals surface area contributed by atoms with Gasteiger partial charge in [-0.15, -0.1) is 21.5 Å². The Morgan fingerprint density at radius 1 is 1.25 bits per heavy atom. The average Bonchev–Trinajstić information content (AvgIpc) is 3.27. The van der Waals surface area contributed by atoms with Crippen LogP contribution < -0.4 is 0 Å². The van der Waals surface area contributed by atoms with Crippen molar-refractivity contribution in [1.82, 2.24) is 4.57 Å². The molecule has 32 heavy (non-hydrogen) atoms. The van der Waals surface area contributed by atoms with Crippen LogP contribution in [0.4, 0.5) is 0 Å². The molecule has 1 aromatic carbocycles. The van der Waals surface area contributed by atoms with Gasteiger partial charge in [0.2, 0.25) is 0 Å². The van der Waals surface area contributed by atoms with Gasteiger partial charge < -0.3 is 14.5 Å². The van der Waals surface area contributed by atoms with Crippen molar-refractivity contribution in [2.45, 2.75) is 31.1 Å². The molecular weight excluding hydrogens is 456 g/mol. The summed E-state index contributed by atoms with van der Waals surface area (Å²) in [6.07, 6.45) is 1.06. The molecule has 1 atom stereocenters. The maximum Gasteiger partial charge on any atom is 0.311 e. The van der Waals surface area contributed by atoms with Crippen molar-refractivity contribution >= 4 is 27.1 Å². The quantitative estimate of drug-likeness (QED) is 0.364. The first kappa shape index (κ1) is 23.5. The lowest BCUT2D eigenvalue weighted by molar-refractivity contribution is -0.757. The molecule has 9 nitrogen and oxygen atoms in total. The van der Waals surface area contributed by atoms with Crippen molar-refractivity contribution in [3.63, 3.8) is 0 Å². The molecule has 0 radical (unpaired) electrons. The van der Waals surface area contributed by atoms with Crippen molar-refractivity contribution in [3.05, 3.63) is 68.7 Å². The monoisotopic (exact) mass is 478 g/mol. The van der Waals surface area contributed by atoms with E-state index >= 15 is 0 Å². The molecule has 0 saturated carbocycles. The van der Waals surface area contributed by atoms with Gasteiger partial charge in [-0.2, -0.15) is 0 Å². The molecule has 0 aliphatic rings. The maximum absolute atomic E-state index is 12.0. The molecule has 1 N–H and O–H groups in total. The Morgan fingerprint density at radius 2 is 1.91 bits per heavy atom. The van der Waals surface area contributed by atoms with Crippen LogP contribution in [0.3, 0.4) is 0 Å². The van der Waals surface area contributed by atoms with Crippen LogP contribution in [-0.4, -0.2) is 42.0 Å². The molecule has 0 fully saturated rings. The van der Waals surface area contributed by atoms with E-state index in [1.54, 1.807) is 25.1 Å². The third-order valence-corrected chi connectivity index (χ3v) is 7.24. The van der Waals surface area contributed by atoms with Crippen LogP contribution in [0, 0.1) is 24.0 Å². The molecule has 170 valence electrons. The van der Waals surface area contributed by atoms with Gasteiger partial charge in [0.15, 0.2) is 9.84 Å². The number of aromatic nitrogens is 1. The maximum atomic E-state index is 12.0. The van der Waals surface area contributed by atoms with Gasteiger partial charge in [-0.25, -0.2) is 8.42 Å². The van der Waals surface area contributed by atoms with Crippen LogP contribution in [0.2, 0.25) is 0 Å². The number of carboxylic acids is 1. The fourth-order valence-electron chi connectivity index (χ4n) is 3.54. The van der Waals surface area contributed by atoms with Crippen molar-refractivity contribution in [3.8, 4) is 16.3 Å². The molecular formula is C21H22N2O7S2. The minimum Gasteiger partial charge on any atom is -0.481 e. The summed E-state index contributed by atoms with van der Waals surface area (Å²) in [5.74, 6) is -2.12. The number of hydrogen-bond acceptors (Lipinski definition) is 7. The van der Waals surface area contributed by atoms with Crippen LogP contribution >= 0.6 is 11.3 Å². The normalized spacial score (nSPS) is 12.5. The van der Waals surface area contributed by atoms with Gasteiger partial charge in [-0.1, -0.05) is 12.1 Å². The first-order chi connectivity index (χ1) is 15.0. The van der Waals surface area contributed by atoms with E-state index in [1.165, 1.54) is 23.5 Å². The highest BCUT2D eigenvalue weighted by Gasteiger charge is 2.27. The first-order valence-electron chi connectivity index (χ1n) is 9.57. The highest BCUT2D eigenvalue weighted by molar-refractivity contribution is 7.90. The molecule has 0 spiro atoms. The molecule has 0 bridgehead atoms. The summed E-state index contributed by atoms with van der Waals surface area (Å²) < 4.78 is 25.6. The van der Waals surface area contributed by atoms with Crippen molar-refractivity contribution in [1.29, 1.82) is 0 Å². The summed E-state index contributed by atoms with van der Waals surface area (Å²) in [6.45, 7) is 3.41. The number of rotatable bonds is 9. The number of nitrogens with zero attached hydrogens (tertiary/aromatic N) is 2. The Morgan fingerprint density at radius 3 is 2.41 bits per heavy atom. The molecule has 2 aromatic heterocycles. The predicted molar refractivity (Wildman–Crippen MR) is 120 cm³/mol. The zero-order chi connectivity index (χ0) is 23.6. The summed E-state index contributed by atoms with van der Waals surface area (Å²) in [5.41, 5.74) is 3.65. The Kier molecular flexibility index (Phi) is 6.70. The van der Waals surface area contributed by atoms with Crippen molar-refractivity contribution in [2.24, 2.45) is 0 Å². The summed E-state index contributed by atoms with van der Waals surface area (Å²) in [6, 6.07) is 10.1. The van der Waals surface area contributed by atoms with Gasteiger partial charge >= 0.3 is 5.97 Å². The van der Waals surface area contributed by atoms with Crippen LogP contribution in [0.25, 0.3) is 16.3 Å². The fourth-order valence-corrected chi connectivity index (χ4v) is 5.14. The summed E-state index contributed by atoms with van der Waals surface area (Å²) in [7, 11) is -3.36. The zero-order valence-corrected chi connectivity index (χ0v) is 19.3. The summed E-state index contributed by atoms with van der Waals surface area (Å²) >= 11 is 1.49. The third-order valence-electron chi connectivity index (χ3n) is 5.08. The molecule has 11 heteroatoms. The summed E-state index contributed by atoms with van der Waals surface area (Å²) in [4.78, 5) is 27.0. The smallest absolute Gasteiger partial charge is 0.311 e. The van der Waals surface area contributed by atoms with E-state index in [-0.39, 0.29) is 17.9 Å². The average molecular weight is 479 g/mol. The number of benzene rings is 1. The Labute approximate surface area is 188 Å². The number of carboxylic acid groups (broad SMARTS) is 1. The van der Waals surface area contributed by atoms with Crippen LogP contribution in [0.5, 0.6) is 0 Å². The lowest BCUT2D eigenvalue weighted by Gasteiger charge is -2.13. The number of sulfone groups is 1. The Hall–Kier alpha value is -3.18. The SMILES string of the molecule is Cc1csc(-n2c(-c3ccc(S(C)(=O)=O)cc3)cc(C(CCO[N+](=O)[O-])C(=O)O)c2C)c1. The summed E-state index contributed by atoms with van der Waals surface area (Å²) in [5, 5.41) is 22.2. The Balaban J connectivity index is 2.13. The number of thiophene rings is 1. The van der Waals surface area contributed by atoms with Gasteiger partial charge in [0.1, 0.15) is 0 Å². The highest BCUT2D eigenvalue weighted by Crippen LogP contribution is 2.36. The zero-order valence-electron chi connectivity index (χ0n) is 17.6. The van der Waals surface area contributed by atoms with E-state index in [2.05, 4.69) is 4.84 Å². The molecule has 0 amide bonds. The number of aryl methyl sites for hydroxylation is 1. The van der Waals surface area contributed by atoms with E-state index in [1.807, 2.05) is 22.9 Å². The number of hydrogen-bond donors (Lipinski definition) is 1. The lowest BCUT2D eigenvalue weighted by Crippen LogP contribution is -2.16. The van der Waals surface area contributed by atoms with E-state index in [0.717, 1.165) is 16.8 Å². The van der Waals surface area contributed by atoms with Crippen LogP contribution in [0.1, 0.15) is 29.2 Å². The second kappa shape index (κ2) is 9.13. The van der Waals surface area contributed by atoms with Gasteiger partial charge in [0.25, 0.3) is 5.09 Å². The van der Waals surface area contributed by atoms with E-state index in [4.69, 9.17) is 0 Å². The van der Waals surface area contributed by atoms with Gasteiger partial charge in [0, 0.05) is 11.9 Å². The van der Waals surface area contributed by atoms with Crippen molar-refractivity contribution < 1.29 is 28.2 Å². The van der Waals surface area contributed by atoms with Gasteiger partial charge in [-0.05, 0) is 66.6 Å². The van der Waals surface area contributed by atoms with Crippen molar-refractivity contribution in [2.75, 3.05) is 12.9 Å². The standard InChI is InChI=1S/C21H22N2O7S2/c1-13-10-20(31-12-13)22-14(2)18(17(21(24)25)8-9-30-23(26)27)11-19(22)15-4-6-16(7-5-15)32(3,28)29/h4-7,10-12,17H,8-9H2,1-3H3,(H,24,25). The van der Waals surface area contributed by atoms with E-state index in [9.17, 15) is 28.4 Å². The minimum atomic E-state index is -3.36. The predicted octanol–water partition coefficient (Wildman–Crippen LogP) is 3.99. The molecule has 0 saturated heterocycles. The molecule has 0 aliphatic heterocycles. The van der Waals surface area contributed by atoms with E-state index < -0.39 is 26.8 Å². The van der Waals surface area contributed by atoms with Gasteiger partial charge in [0.05, 0.1) is 28.1 Å². The van der Waals surface area contributed by atoms with E-state index in [0.29, 0.717) is 22.5 Å². The van der Waals surface area contributed by atoms with Gasteiger partial charge in [-0.3, -0.25) is 4.79 Å². The second-order valence-corrected chi connectivity index (χ2v) is 10.3. The van der Waals surface area contributed by atoms with Crippen LogP contribution in [0.15, 0.2) is 46.7 Å². The number of carbonyl (C=O) groups is 1. The molecule has 2 heterocycles. The number of aliphatic carboxylic acids is 1. The molecule has 3 rings (SSSR count). The molecule has 0 aliphatic carbocycles. The third kappa shape index (κ3) is 5.00. The lowest BCUT2D eigenvalue weighted by atomic mass is 9.96. The van der Waals surface area contributed by atoms with Crippen LogP contribution in [-0.2, 0) is 19.5 Å². The minimum absolute atomic E-state index is 0.0723. The molecule has 3 aromatic rings. The second-order valence-electron chi connectivity index (χ2n) is 7.40. The highest BCUT2D eigenvalue weighted by atomic mass is 32.2. The largest absolute Gasteiger partial charge is 0.481 e. The fraction of sp³-hybridized carbons (Fsp3) is 0.286. The first-order valence-corrected chi connectivity index (χ1v) is 12.3. The Bertz CT molecular complexity index is 1260. The molecule has 1 unspecified atom stereocenters.